The summed E-state index contributed by atoms with van der Waals surface area (Å²) in [4.78, 5) is 13.8. The zero-order valence-electron chi connectivity index (χ0n) is 14.0. The molecule has 1 aromatic carbocycles. The van der Waals surface area contributed by atoms with Crippen molar-refractivity contribution in [1.82, 2.24) is 4.90 Å². The van der Waals surface area contributed by atoms with E-state index in [0.717, 1.165) is 12.0 Å². The SMILES string of the molecule is CC(C)CCOc1ccc(/C=C\C(=O)N2CCOCC2)cc1N. The number of carbonyl (C=O) groups is 1. The first-order valence-corrected chi connectivity index (χ1v) is 8.13. The van der Waals surface area contributed by atoms with Gasteiger partial charge >= 0.3 is 0 Å². The van der Waals surface area contributed by atoms with E-state index in [-0.39, 0.29) is 5.91 Å². The van der Waals surface area contributed by atoms with E-state index in [1.54, 1.807) is 17.1 Å². The molecular formula is C18H26N2O3. The number of carbonyl (C=O) groups excluding carboxylic acids is 1. The quantitative estimate of drug-likeness (QED) is 0.647. The van der Waals surface area contributed by atoms with Gasteiger partial charge in [-0.1, -0.05) is 19.9 Å². The van der Waals surface area contributed by atoms with Gasteiger partial charge in [0, 0.05) is 19.2 Å². The summed E-state index contributed by atoms with van der Waals surface area (Å²) in [5.41, 5.74) is 7.50. The first kappa shape index (κ1) is 17.3. The van der Waals surface area contributed by atoms with E-state index in [9.17, 15) is 4.79 Å². The zero-order valence-corrected chi connectivity index (χ0v) is 14.0. The van der Waals surface area contributed by atoms with Crippen molar-refractivity contribution in [3.8, 4) is 5.75 Å². The molecule has 0 atom stereocenters. The molecule has 0 spiro atoms. The molecule has 5 heteroatoms. The van der Waals surface area contributed by atoms with Crippen LogP contribution in [0.4, 0.5) is 5.69 Å². The molecule has 0 saturated carbocycles. The number of anilines is 1. The molecule has 0 aliphatic carbocycles. The fraction of sp³-hybridized carbons (Fsp3) is 0.500. The van der Waals surface area contributed by atoms with Crippen molar-refractivity contribution in [3.05, 3.63) is 29.8 Å². The van der Waals surface area contributed by atoms with Gasteiger partial charge in [-0.05, 0) is 36.1 Å². The lowest BCUT2D eigenvalue weighted by molar-refractivity contribution is -0.129. The highest BCUT2D eigenvalue weighted by molar-refractivity contribution is 5.92. The smallest absolute Gasteiger partial charge is 0.246 e. The number of morpholine rings is 1. The monoisotopic (exact) mass is 318 g/mol. The van der Waals surface area contributed by atoms with E-state index in [1.165, 1.54) is 0 Å². The van der Waals surface area contributed by atoms with E-state index < -0.39 is 0 Å². The van der Waals surface area contributed by atoms with E-state index in [0.29, 0.717) is 50.3 Å². The molecule has 2 rings (SSSR count). The van der Waals surface area contributed by atoms with Crippen molar-refractivity contribution in [2.24, 2.45) is 5.92 Å². The second-order valence-electron chi connectivity index (χ2n) is 6.10. The molecule has 1 aliphatic heterocycles. The predicted molar refractivity (Wildman–Crippen MR) is 92.2 cm³/mol. The third kappa shape index (κ3) is 5.60. The van der Waals surface area contributed by atoms with E-state index >= 15 is 0 Å². The summed E-state index contributed by atoms with van der Waals surface area (Å²) in [7, 11) is 0. The van der Waals surface area contributed by atoms with Gasteiger partial charge in [0.05, 0.1) is 25.5 Å². The Morgan fingerprint density at radius 1 is 1.39 bits per heavy atom. The fourth-order valence-corrected chi connectivity index (χ4v) is 2.26. The maximum absolute atomic E-state index is 12.1. The molecule has 0 radical (unpaired) electrons. The zero-order chi connectivity index (χ0) is 16.7. The Bertz CT molecular complexity index is 549. The predicted octanol–water partition coefficient (Wildman–Crippen LogP) is 2.57. The van der Waals surface area contributed by atoms with E-state index in [1.807, 2.05) is 18.2 Å². The van der Waals surface area contributed by atoms with Crippen LogP contribution in [0.2, 0.25) is 0 Å². The third-order valence-corrected chi connectivity index (χ3v) is 3.73. The van der Waals surface area contributed by atoms with Crippen molar-refractivity contribution >= 4 is 17.7 Å². The number of hydrogen-bond donors (Lipinski definition) is 1. The largest absolute Gasteiger partial charge is 0.491 e. The van der Waals surface area contributed by atoms with Crippen molar-refractivity contribution in [3.63, 3.8) is 0 Å². The highest BCUT2D eigenvalue weighted by atomic mass is 16.5. The summed E-state index contributed by atoms with van der Waals surface area (Å²) in [5.74, 6) is 1.30. The standard InChI is InChI=1S/C18H26N2O3/c1-14(2)7-10-23-17-5-3-15(13-16(17)19)4-6-18(21)20-8-11-22-12-9-20/h3-6,13-14H,7-12,19H2,1-2H3/b6-4-. The van der Waals surface area contributed by atoms with Crippen LogP contribution in [0, 0.1) is 5.92 Å². The van der Waals surface area contributed by atoms with Gasteiger partial charge in [-0.15, -0.1) is 0 Å². The fourth-order valence-electron chi connectivity index (χ4n) is 2.26. The Morgan fingerprint density at radius 2 is 2.13 bits per heavy atom. The van der Waals surface area contributed by atoms with Crippen LogP contribution in [0.15, 0.2) is 24.3 Å². The summed E-state index contributed by atoms with van der Waals surface area (Å²) in [6.07, 6.45) is 4.36. The van der Waals surface area contributed by atoms with Gasteiger partial charge in [-0.25, -0.2) is 0 Å². The minimum atomic E-state index is 0.00383. The highest BCUT2D eigenvalue weighted by Gasteiger charge is 2.13. The van der Waals surface area contributed by atoms with Crippen LogP contribution in [-0.2, 0) is 9.53 Å². The number of ether oxygens (including phenoxy) is 2. The van der Waals surface area contributed by atoms with Crippen molar-refractivity contribution in [2.45, 2.75) is 20.3 Å². The lowest BCUT2D eigenvalue weighted by atomic mass is 10.1. The summed E-state index contributed by atoms with van der Waals surface area (Å²) >= 11 is 0. The second kappa shape index (κ2) is 8.58. The molecule has 1 amide bonds. The molecule has 23 heavy (non-hydrogen) atoms. The van der Waals surface area contributed by atoms with Crippen LogP contribution in [0.3, 0.4) is 0 Å². The Morgan fingerprint density at radius 3 is 2.78 bits per heavy atom. The Kier molecular flexibility index (Phi) is 6.47. The molecule has 0 aromatic heterocycles. The number of hydrogen-bond acceptors (Lipinski definition) is 4. The first-order chi connectivity index (χ1) is 11.1. The molecule has 1 heterocycles. The topological polar surface area (TPSA) is 64.8 Å². The maximum Gasteiger partial charge on any atom is 0.246 e. The number of benzene rings is 1. The average molecular weight is 318 g/mol. The van der Waals surface area contributed by atoms with Crippen LogP contribution in [0.1, 0.15) is 25.8 Å². The summed E-state index contributed by atoms with van der Waals surface area (Å²) in [6.45, 7) is 7.48. The Labute approximate surface area is 138 Å². The van der Waals surface area contributed by atoms with Gasteiger partial charge in [0.2, 0.25) is 5.91 Å². The number of nitrogens with zero attached hydrogens (tertiary/aromatic N) is 1. The average Bonchev–Trinajstić information content (AvgIpc) is 2.55. The van der Waals surface area contributed by atoms with Gasteiger partial charge < -0.3 is 20.1 Å². The van der Waals surface area contributed by atoms with Crippen LogP contribution in [0.25, 0.3) is 6.08 Å². The summed E-state index contributed by atoms with van der Waals surface area (Å²) < 4.78 is 10.9. The highest BCUT2D eigenvalue weighted by Crippen LogP contribution is 2.23. The van der Waals surface area contributed by atoms with Crippen molar-refractivity contribution < 1.29 is 14.3 Å². The third-order valence-electron chi connectivity index (χ3n) is 3.73. The second-order valence-corrected chi connectivity index (χ2v) is 6.10. The number of nitrogen functional groups attached to an aromatic ring is 1. The van der Waals surface area contributed by atoms with Crippen LogP contribution in [-0.4, -0.2) is 43.7 Å². The molecule has 1 fully saturated rings. The molecule has 1 aromatic rings. The Balaban J connectivity index is 1.91. The minimum Gasteiger partial charge on any atom is -0.491 e. The van der Waals surface area contributed by atoms with Gasteiger partial charge in [0.15, 0.2) is 0 Å². The van der Waals surface area contributed by atoms with Gasteiger partial charge in [0.1, 0.15) is 5.75 Å². The van der Waals surface area contributed by atoms with Gasteiger partial charge in [-0.2, -0.15) is 0 Å². The molecule has 0 bridgehead atoms. The summed E-state index contributed by atoms with van der Waals surface area (Å²) in [5, 5.41) is 0. The molecule has 1 saturated heterocycles. The molecule has 5 nitrogen and oxygen atoms in total. The van der Waals surface area contributed by atoms with Gasteiger partial charge in [-0.3, -0.25) is 4.79 Å². The molecule has 126 valence electrons. The molecule has 0 unspecified atom stereocenters. The lowest BCUT2D eigenvalue weighted by Crippen LogP contribution is -2.39. The lowest BCUT2D eigenvalue weighted by Gasteiger charge is -2.25. The first-order valence-electron chi connectivity index (χ1n) is 8.13. The maximum atomic E-state index is 12.1. The number of rotatable bonds is 6. The van der Waals surface area contributed by atoms with Crippen LogP contribution >= 0.6 is 0 Å². The van der Waals surface area contributed by atoms with Crippen molar-refractivity contribution in [2.75, 3.05) is 38.6 Å². The number of amides is 1. The van der Waals surface area contributed by atoms with Crippen LogP contribution in [0.5, 0.6) is 5.75 Å². The molecule has 1 aliphatic rings. The summed E-state index contributed by atoms with van der Waals surface area (Å²) in [6, 6.07) is 5.59. The van der Waals surface area contributed by atoms with E-state index in [4.69, 9.17) is 15.2 Å². The molecular weight excluding hydrogens is 292 g/mol. The van der Waals surface area contributed by atoms with E-state index in [2.05, 4.69) is 13.8 Å². The Hall–Kier alpha value is -2.01. The van der Waals surface area contributed by atoms with Crippen molar-refractivity contribution in [1.29, 1.82) is 0 Å². The molecule has 2 N–H and O–H groups in total. The van der Waals surface area contributed by atoms with Crippen LogP contribution < -0.4 is 10.5 Å². The number of nitrogens with two attached hydrogens (primary N) is 1. The normalized spacial score (nSPS) is 15.3. The van der Waals surface area contributed by atoms with Gasteiger partial charge in [0.25, 0.3) is 0 Å². The minimum absolute atomic E-state index is 0.00383.